The normalized spacial score (nSPS) is 25.8. The zero-order valence-corrected chi connectivity index (χ0v) is 11.9. The predicted molar refractivity (Wildman–Crippen MR) is 74.1 cm³/mol. The van der Waals surface area contributed by atoms with E-state index in [2.05, 4.69) is 17.2 Å². The Balaban J connectivity index is 2.20. The molecule has 1 aliphatic carbocycles. The summed E-state index contributed by atoms with van der Waals surface area (Å²) in [5.41, 5.74) is -0.602. The molecule has 0 bridgehead atoms. The number of aromatic nitrogens is 1. The van der Waals surface area contributed by atoms with Gasteiger partial charge in [0.15, 0.2) is 0 Å². The van der Waals surface area contributed by atoms with Crippen LogP contribution in [-0.2, 0) is 9.53 Å². The summed E-state index contributed by atoms with van der Waals surface area (Å²) < 4.78 is 4.90. The highest BCUT2D eigenvalue weighted by molar-refractivity contribution is 5.96. The van der Waals surface area contributed by atoms with E-state index >= 15 is 0 Å². The number of methoxy groups -OCH3 is 1. The van der Waals surface area contributed by atoms with E-state index in [-0.39, 0.29) is 11.9 Å². The molecule has 0 aliphatic heterocycles. The smallest absolute Gasteiger partial charge is 0.331 e. The van der Waals surface area contributed by atoms with Crippen molar-refractivity contribution in [1.29, 1.82) is 0 Å². The molecule has 1 amide bonds. The first-order chi connectivity index (χ1) is 9.57. The van der Waals surface area contributed by atoms with Gasteiger partial charge >= 0.3 is 5.97 Å². The second kappa shape index (κ2) is 6.03. The van der Waals surface area contributed by atoms with Crippen LogP contribution in [0, 0.1) is 5.92 Å². The first-order valence-corrected chi connectivity index (χ1v) is 6.89. The lowest BCUT2D eigenvalue weighted by Crippen LogP contribution is -2.57. The number of carbonyl (C=O) groups excluding carboxylic acids is 2. The average molecular weight is 276 g/mol. The molecule has 0 spiro atoms. The van der Waals surface area contributed by atoms with Gasteiger partial charge in [-0.1, -0.05) is 25.8 Å². The van der Waals surface area contributed by atoms with Crippen LogP contribution in [0.3, 0.4) is 0 Å². The van der Waals surface area contributed by atoms with E-state index in [0.717, 1.165) is 12.8 Å². The van der Waals surface area contributed by atoms with Crippen LogP contribution in [0.5, 0.6) is 0 Å². The van der Waals surface area contributed by atoms with Crippen molar-refractivity contribution in [3.8, 4) is 0 Å². The van der Waals surface area contributed by atoms with Gasteiger partial charge in [0, 0.05) is 6.20 Å². The van der Waals surface area contributed by atoms with E-state index in [1.807, 2.05) is 0 Å². The van der Waals surface area contributed by atoms with Crippen LogP contribution in [0.2, 0.25) is 0 Å². The molecule has 1 heterocycles. The van der Waals surface area contributed by atoms with Crippen molar-refractivity contribution in [2.45, 2.75) is 38.1 Å². The van der Waals surface area contributed by atoms with Gasteiger partial charge in [-0.15, -0.1) is 0 Å². The second-order valence-electron chi connectivity index (χ2n) is 5.44. The lowest BCUT2D eigenvalue weighted by Gasteiger charge is -2.37. The Morgan fingerprint density at radius 2 is 2.25 bits per heavy atom. The number of amides is 1. The molecule has 1 aromatic rings. The number of hydrogen-bond donors (Lipinski definition) is 1. The van der Waals surface area contributed by atoms with Gasteiger partial charge in [-0.3, -0.25) is 9.78 Å². The summed E-state index contributed by atoms with van der Waals surface area (Å²) >= 11 is 0. The summed E-state index contributed by atoms with van der Waals surface area (Å²) in [6.07, 6.45) is 4.75. The molecule has 1 aromatic heterocycles. The summed E-state index contributed by atoms with van der Waals surface area (Å²) in [6, 6.07) is 5.12. The summed E-state index contributed by atoms with van der Waals surface area (Å²) in [4.78, 5) is 28.4. The zero-order valence-electron chi connectivity index (χ0n) is 11.9. The molecule has 0 radical (unpaired) electrons. The minimum Gasteiger partial charge on any atom is -0.467 e. The number of rotatable bonds is 3. The third-order valence-electron chi connectivity index (χ3n) is 3.82. The number of carbonyl (C=O) groups is 2. The molecule has 5 heteroatoms. The van der Waals surface area contributed by atoms with Crippen molar-refractivity contribution >= 4 is 11.9 Å². The second-order valence-corrected chi connectivity index (χ2v) is 5.44. The summed E-state index contributed by atoms with van der Waals surface area (Å²) in [6.45, 7) is 2.09. The van der Waals surface area contributed by atoms with E-state index in [1.165, 1.54) is 7.11 Å². The Labute approximate surface area is 118 Å². The maximum absolute atomic E-state index is 12.3. The standard InChI is InChI=1S/C15H20N2O3/c1-11-6-5-8-15(10-11,14(19)20-2)17-13(18)12-7-3-4-9-16-12/h3-4,7,9,11H,5-6,8,10H2,1-2H3,(H,17,18)/t11-,15-/m0/s1. The van der Waals surface area contributed by atoms with Crippen LogP contribution in [-0.4, -0.2) is 29.5 Å². The molecular formula is C15H20N2O3. The van der Waals surface area contributed by atoms with Crippen LogP contribution in [0.25, 0.3) is 0 Å². The van der Waals surface area contributed by atoms with Crippen molar-refractivity contribution in [2.75, 3.05) is 7.11 Å². The van der Waals surface area contributed by atoms with Crippen molar-refractivity contribution < 1.29 is 14.3 Å². The van der Waals surface area contributed by atoms with Crippen LogP contribution in [0.15, 0.2) is 24.4 Å². The van der Waals surface area contributed by atoms with Crippen molar-refractivity contribution in [2.24, 2.45) is 5.92 Å². The Bertz CT molecular complexity index is 489. The van der Waals surface area contributed by atoms with E-state index < -0.39 is 5.54 Å². The highest BCUT2D eigenvalue weighted by Crippen LogP contribution is 2.33. The molecule has 2 rings (SSSR count). The molecule has 1 N–H and O–H groups in total. The Morgan fingerprint density at radius 3 is 2.85 bits per heavy atom. The van der Waals surface area contributed by atoms with Crippen LogP contribution < -0.4 is 5.32 Å². The molecule has 108 valence electrons. The number of nitrogens with zero attached hydrogens (tertiary/aromatic N) is 1. The fraction of sp³-hybridized carbons (Fsp3) is 0.533. The lowest BCUT2D eigenvalue weighted by molar-refractivity contribution is -0.150. The third kappa shape index (κ3) is 2.98. The van der Waals surface area contributed by atoms with E-state index in [1.54, 1.807) is 24.4 Å². The van der Waals surface area contributed by atoms with Gasteiger partial charge in [-0.25, -0.2) is 4.79 Å². The van der Waals surface area contributed by atoms with Gasteiger partial charge in [-0.2, -0.15) is 0 Å². The SMILES string of the molecule is COC(=O)[C@]1(NC(=O)c2ccccn2)CCC[C@H](C)C1. The molecular weight excluding hydrogens is 256 g/mol. The van der Waals surface area contributed by atoms with E-state index in [0.29, 0.717) is 24.5 Å². The monoisotopic (exact) mass is 276 g/mol. The molecule has 1 fully saturated rings. The van der Waals surface area contributed by atoms with Gasteiger partial charge in [0.2, 0.25) is 0 Å². The number of pyridine rings is 1. The number of nitrogens with one attached hydrogen (secondary N) is 1. The van der Waals surface area contributed by atoms with Crippen molar-refractivity contribution in [3.63, 3.8) is 0 Å². The highest BCUT2D eigenvalue weighted by atomic mass is 16.5. The lowest BCUT2D eigenvalue weighted by atomic mass is 9.76. The first-order valence-electron chi connectivity index (χ1n) is 6.89. The predicted octanol–water partition coefficient (Wildman–Crippen LogP) is 1.93. The van der Waals surface area contributed by atoms with Crippen LogP contribution in [0.1, 0.15) is 43.1 Å². The highest BCUT2D eigenvalue weighted by Gasteiger charge is 2.44. The van der Waals surface area contributed by atoms with Crippen LogP contribution >= 0.6 is 0 Å². The minimum absolute atomic E-state index is 0.314. The topological polar surface area (TPSA) is 68.3 Å². The fourth-order valence-corrected chi connectivity index (χ4v) is 2.88. The largest absolute Gasteiger partial charge is 0.467 e. The maximum Gasteiger partial charge on any atom is 0.331 e. The van der Waals surface area contributed by atoms with E-state index in [9.17, 15) is 9.59 Å². The number of esters is 1. The minimum atomic E-state index is -0.916. The molecule has 0 saturated heterocycles. The molecule has 20 heavy (non-hydrogen) atoms. The van der Waals surface area contributed by atoms with Crippen LogP contribution in [0.4, 0.5) is 0 Å². The number of ether oxygens (including phenoxy) is 1. The van der Waals surface area contributed by atoms with E-state index in [4.69, 9.17) is 4.74 Å². The summed E-state index contributed by atoms with van der Waals surface area (Å²) in [5, 5.41) is 2.85. The molecule has 0 aromatic carbocycles. The van der Waals surface area contributed by atoms with Gasteiger partial charge in [0.25, 0.3) is 5.91 Å². The van der Waals surface area contributed by atoms with Crippen molar-refractivity contribution in [1.82, 2.24) is 10.3 Å². The van der Waals surface area contributed by atoms with Gasteiger partial charge < -0.3 is 10.1 Å². The summed E-state index contributed by atoms with van der Waals surface area (Å²) in [7, 11) is 1.36. The summed E-state index contributed by atoms with van der Waals surface area (Å²) in [5.74, 6) is -0.315. The fourth-order valence-electron chi connectivity index (χ4n) is 2.88. The maximum atomic E-state index is 12.3. The third-order valence-corrected chi connectivity index (χ3v) is 3.82. The van der Waals surface area contributed by atoms with Gasteiger partial charge in [0.05, 0.1) is 7.11 Å². The Morgan fingerprint density at radius 1 is 1.45 bits per heavy atom. The molecule has 5 nitrogen and oxygen atoms in total. The van der Waals surface area contributed by atoms with Gasteiger partial charge in [-0.05, 0) is 30.9 Å². The molecule has 1 saturated carbocycles. The average Bonchev–Trinajstić information content (AvgIpc) is 2.47. The Hall–Kier alpha value is -1.91. The van der Waals surface area contributed by atoms with Crippen molar-refractivity contribution in [3.05, 3.63) is 30.1 Å². The quantitative estimate of drug-likeness (QED) is 0.857. The van der Waals surface area contributed by atoms with Gasteiger partial charge in [0.1, 0.15) is 11.2 Å². The first kappa shape index (κ1) is 14.5. The molecule has 2 atom stereocenters. The number of hydrogen-bond acceptors (Lipinski definition) is 4. The molecule has 1 aliphatic rings. The Kier molecular flexibility index (Phi) is 4.37. The molecule has 0 unspecified atom stereocenters. The zero-order chi connectivity index (χ0) is 14.6.